The summed E-state index contributed by atoms with van der Waals surface area (Å²) >= 11 is 2.79. The summed E-state index contributed by atoms with van der Waals surface area (Å²) in [5.74, 6) is -0.431. The predicted molar refractivity (Wildman–Crippen MR) is 136 cm³/mol. The van der Waals surface area contributed by atoms with Crippen molar-refractivity contribution in [3.05, 3.63) is 71.6 Å². The van der Waals surface area contributed by atoms with E-state index in [9.17, 15) is 14.0 Å². The first-order valence-electron chi connectivity index (χ1n) is 10.8. The Morgan fingerprint density at radius 3 is 2.59 bits per heavy atom. The summed E-state index contributed by atoms with van der Waals surface area (Å²) < 4.78 is 13.4. The minimum absolute atomic E-state index is 0.0652. The number of thioether (sulfide) groups is 1. The lowest BCUT2D eigenvalue weighted by Crippen LogP contribution is -2.30. The molecule has 0 saturated heterocycles. The second-order valence-corrected chi connectivity index (χ2v) is 9.23. The van der Waals surface area contributed by atoms with E-state index >= 15 is 0 Å². The van der Waals surface area contributed by atoms with Crippen molar-refractivity contribution in [3.63, 3.8) is 0 Å². The summed E-state index contributed by atoms with van der Waals surface area (Å²) in [5.41, 5.74) is 2.88. The monoisotopic (exact) mass is 494 g/mol. The molecule has 0 spiro atoms. The number of rotatable bonds is 8. The fraction of sp³-hybridized carbons (Fsp3) is 0.200. The van der Waals surface area contributed by atoms with Crippen molar-refractivity contribution >= 4 is 50.8 Å². The number of hydrogen-bond donors (Lipinski definition) is 1. The lowest BCUT2D eigenvalue weighted by atomic mass is 10.1. The number of fused-ring (bicyclic) bond motifs is 1. The molecule has 0 atom stereocenters. The average molecular weight is 495 g/mol. The lowest BCUT2D eigenvalue weighted by Gasteiger charge is -2.19. The van der Waals surface area contributed by atoms with Gasteiger partial charge in [-0.15, -0.1) is 11.3 Å². The van der Waals surface area contributed by atoms with Gasteiger partial charge >= 0.3 is 0 Å². The van der Waals surface area contributed by atoms with Crippen LogP contribution in [0.2, 0.25) is 0 Å². The van der Waals surface area contributed by atoms with Crippen molar-refractivity contribution in [2.24, 2.45) is 0 Å². The number of amides is 2. The predicted octanol–water partition coefficient (Wildman–Crippen LogP) is 5.71. The molecular weight excluding hydrogens is 471 g/mol. The highest BCUT2D eigenvalue weighted by molar-refractivity contribution is 8.00. The van der Waals surface area contributed by atoms with Crippen LogP contribution in [0.1, 0.15) is 24.2 Å². The minimum atomic E-state index is -0.298. The highest BCUT2D eigenvalue weighted by Gasteiger charge is 2.16. The first-order chi connectivity index (χ1) is 16.5. The standard InChI is InChI=1S/C25H23FN4O2S2/c1-3-30(4-2)25(32)17-6-5-7-19(12-17)29-21(31)14-34-24-22-20(13-33-23(22)27-15-28-24)16-8-10-18(26)11-9-16/h5-13,15H,3-4,14H2,1-2H3,(H,29,31). The molecule has 0 unspecified atom stereocenters. The van der Waals surface area contributed by atoms with Gasteiger partial charge in [0.25, 0.3) is 5.91 Å². The van der Waals surface area contributed by atoms with Crippen molar-refractivity contribution in [2.45, 2.75) is 18.9 Å². The first kappa shape index (κ1) is 23.8. The van der Waals surface area contributed by atoms with Crippen molar-refractivity contribution in [2.75, 3.05) is 24.2 Å². The molecule has 0 aliphatic carbocycles. The number of benzene rings is 2. The number of thiophene rings is 1. The highest BCUT2D eigenvalue weighted by Crippen LogP contribution is 2.37. The van der Waals surface area contributed by atoms with Crippen LogP contribution in [0.15, 0.2) is 65.3 Å². The Morgan fingerprint density at radius 2 is 1.85 bits per heavy atom. The van der Waals surface area contributed by atoms with Gasteiger partial charge in [0.15, 0.2) is 0 Å². The number of carbonyl (C=O) groups excluding carboxylic acids is 2. The second-order valence-electron chi connectivity index (χ2n) is 7.41. The number of carbonyl (C=O) groups is 2. The van der Waals surface area contributed by atoms with Gasteiger partial charge in [-0.05, 0) is 49.7 Å². The summed E-state index contributed by atoms with van der Waals surface area (Å²) in [4.78, 5) is 36.5. The Morgan fingerprint density at radius 1 is 1.09 bits per heavy atom. The largest absolute Gasteiger partial charge is 0.339 e. The van der Waals surface area contributed by atoms with Gasteiger partial charge < -0.3 is 10.2 Å². The van der Waals surface area contributed by atoms with Gasteiger partial charge in [-0.25, -0.2) is 14.4 Å². The van der Waals surface area contributed by atoms with Crippen LogP contribution in [-0.2, 0) is 4.79 Å². The van der Waals surface area contributed by atoms with Gasteiger partial charge in [0.2, 0.25) is 5.91 Å². The van der Waals surface area contributed by atoms with E-state index in [2.05, 4.69) is 15.3 Å². The van der Waals surface area contributed by atoms with Crippen molar-refractivity contribution in [1.82, 2.24) is 14.9 Å². The Hall–Kier alpha value is -3.30. The van der Waals surface area contributed by atoms with Crippen LogP contribution in [0.4, 0.5) is 10.1 Å². The first-order valence-corrected chi connectivity index (χ1v) is 12.7. The second kappa shape index (κ2) is 10.8. The molecule has 0 radical (unpaired) electrons. The fourth-order valence-electron chi connectivity index (χ4n) is 3.55. The van der Waals surface area contributed by atoms with E-state index in [-0.39, 0.29) is 23.4 Å². The molecule has 0 bridgehead atoms. The Labute approximate surface area is 205 Å². The maximum absolute atomic E-state index is 13.4. The third-order valence-corrected chi connectivity index (χ3v) is 7.15. The van der Waals surface area contributed by atoms with Crippen LogP contribution in [0.3, 0.4) is 0 Å². The van der Waals surface area contributed by atoms with Gasteiger partial charge in [-0.2, -0.15) is 0 Å². The number of nitrogens with one attached hydrogen (secondary N) is 1. The van der Waals surface area contributed by atoms with Gasteiger partial charge in [-0.1, -0.05) is 30.0 Å². The molecular formula is C25H23FN4O2S2. The van der Waals surface area contributed by atoms with Crippen molar-refractivity contribution in [1.29, 1.82) is 0 Å². The molecule has 9 heteroatoms. The Kier molecular flexibility index (Phi) is 7.54. The van der Waals surface area contributed by atoms with Crippen LogP contribution >= 0.6 is 23.1 Å². The molecule has 0 fully saturated rings. The fourth-order valence-corrected chi connectivity index (χ4v) is 5.35. The molecule has 0 aliphatic rings. The summed E-state index contributed by atoms with van der Waals surface area (Å²) in [6.07, 6.45) is 1.48. The third kappa shape index (κ3) is 5.26. The average Bonchev–Trinajstić information content (AvgIpc) is 3.29. The molecule has 0 saturated carbocycles. The van der Waals surface area contributed by atoms with E-state index in [1.165, 1.54) is 41.6 Å². The minimum Gasteiger partial charge on any atom is -0.339 e. The zero-order valence-electron chi connectivity index (χ0n) is 18.7. The maximum Gasteiger partial charge on any atom is 0.253 e. The molecule has 0 aliphatic heterocycles. The molecule has 34 heavy (non-hydrogen) atoms. The van der Waals surface area contributed by atoms with Crippen LogP contribution in [0.25, 0.3) is 21.3 Å². The summed E-state index contributed by atoms with van der Waals surface area (Å²) in [6, 6.07) is 13.2. The molecule has 2 amide bonds. The highest BCUT2D eigenvalue weighted by atomic mass is 32.2. The van der Waals surface area contributed by atoms with Crippen LogP contribution in [0, 0.1) is 5.82 Å². The third-order valence-electron chi connectivity index (χ3n) is 5.27. The van der Waals surface area contributed by atoms with Gasteiger partial charge in [0.1, 0.15) is 22.0 Å². The van der Waals surface area contributed by atoms with E-state index < -0.39 is 0 Å². The van der Waals surface area contributed by atoms with Crippen LogP contribution < -0.4 is 5.32 Å². The molecule has 174 valence electrons. The van der Waals surface area contributed by atoms with E-state index in [0.717, 1.165) is 21.3 Å². The molecule has 6 nitrogen and oxygen atoms in total. The van der Waals surface area contributed by atoms with Crippen LogP contribution in [-0.4, -0.2) is 45.5 Å². The van der Waals surface area contributed by atoms with Gasteiger partial charge in [0, 0.05) is 35.3 Å². The van der Waals surface area contributed by atoms with Crippen LogP contribution in [0.5, 0.6) is 0 Å². The smallest absolute Gasteiger partial charge is 0.253 e. The van der Waals surface area contributed by atoms with Crippen molar-refractivity contribution in [3.8, 4) is 11.1 Å². The quantitative estimate of drug-likeness (QED) is 0.251. The SMILES string of the molecule is CCN(CC)C(=O)c1cccc(NC(=O)CSc2ncnc3scc(-c4ccc(F)cc4)c23)c1. The number of aromatic nitrogens is 2. The maximum atomic E-state index is 13.4. The summed E-state index contributed by atoms with van der Waals surface area (Å²) in [5, 5.41) is 6.37. The Balaban J connectivity index is 1.48. The molecule has 4 aromatic rings. The van der Waals surface area contributed by atoms with Crippen molar-refractivity contribution < 1.29 is 14.0 Å². The number of halogens is 1. The lowest BCUT2D eigenvalue weighted by molar-refractivity contribution is -0.113. The summed E-state index contributed by atoms with van der Waals surface area (Å²) in [6.45, 7) is 5.11. The number of nitrogens with zero attached hydrogens (tertiary/aromatic N) is 3. The topological polar surface area (TPSA) is 75.2 Å². The molecule has 2 aromatic heterocycles. The van der Waals surface area contributed by atoms with E-state index in [0.29, 0.717) is 29.4 Å². The molecule has 1 N–H and O–H groups in total. The number of hydrogen-bond acceptors (Lipinski definition) is 6. The normalized spacial score (nSPS) is 10.9. The summed E-state index contributed by atoms with van der Waals surface area (Å²) in [7, 11) is 0. The molecule has 4 rings (SSSR count). The van der Waals surface area contributed by atoms with Gasteiger partial charge in [0.05, 0.1) is 11.1 Å². The van der Waals surface area contributed by atoms with E-state index in [1.807, 2.05) is 19.2 Å². The van der Waals surface area contributed by atoms with E-state index in [1.54, 1.807) is 41.3 Å². The van der Waals surface area contributed by atoms with Gasteiger partial charge in [-0.3, -0.25) is 9.59 Å². The molecule has 2 aromatic carbocycles. The number of anilines is 1. The zero-order chi connectivity index (χ0) is 24.1. The van der Waals surface area contributed by atoms with E-state index in [4.69, 9.17) is 0 Å². The zero-order valence-corrected chi connectivity index (χ0v) is 20.4. The molecule has 2 heterocycles. The Bertz CT molecular complexity index is 1320.